The monoisotopic (exact) mass is 352 g/mol. The zero-order valence-electron chi connectivity index (χ0n) is 11.8. The summed E-state index contributed by atoms with van der Waals surface area (Å²) in [5.74, 6) is 0.681. The molecule has 112 valence electrons. The maximum Gasteiger partial charge on any atom is 0.246 e. The minimum Gasteiger partial charge on any atom is -0.493 e. The minimum absolute atomic E-state index is 0.101. The second-order valence-corrected chi connectivity index (χ2v) is 6.18. The van der Waals surface area contributed by atoms with Gasteiger partial charge in [0, 0.05) is 29.5 Å². The van der Waals surface area contributed by atoms with Gasteiger partial charge < -0.3 is 10.1 Å². The van der Waals surface area contributed by atoms with Crippen molar-refractivity contribution in [2.75, 3.05) is 13.2 Å². The molecule has 0 radical (unpaired) electrons. The number of hydrogen-bond acceptors (Lipinski definition) is 4. The average molecular weight is 353 g/mol. The highest BCUT2D eigenvalue weighted by molar-refractivity contribution is 9.10. The number of nitrogens with one attached hydrogen (secondary N) is 1. The van der Waals surface area contributed by atoms with Crippen molar-refractivity contribution in [3.63, 3.8) is 0 Å². The van der Waals surface area contributed by atoms with Crippen LogP contribution in [0.2, 0.25) is 0 Å². The Balaban J connectivity index is 1.72. The Labute approximate surface area is 131 Å². The lowest BCUT2D eigenvalue weighted by atomic mass is 10.1. The van der Waals surface area contributed by atoms with Crippen LogP contribution in [0.3, 0.4) is 0 Å². The van der Waals surface area contributed by atoms with Crippen LogP contribution in [0.15, 0.2) is 16.6 Å². The van der Waals surface area contributed by atoms with E-state index in [1.54, 1.807) is 0 Å². The predicted molar refractivity (Wildman–Crippen MR) is 81.0 cm³/mol. The first-order valence-electron chi connectivity index (χ1n) is 7.12. The van der Waals surface area contributed by atoms with Gasteiger partial charge in [-0.25, -0.2) is 0 Å². The van der Waals surface area contributed by atoms with E-state index in [1.165, 1.54) is 10.5 Å². The van der Waals surface area contributed by atoms with Gasteiger partial charge in [-0.2, -0.15) is 0 Å². The number of halogens is 1. The van der Waals surface area contributed by atoms with E-state index in [2.05, 4.69) is 27.3 Å². The molecule has 0 saturated carbocycles. The average Bonchev–Trinajstić information content (AvgIpc) is 3.01. The van der Waals surface area contributed by atoms with E-state index in [0.29, 0.717) is 19.7 Å². The maximum atomic E-state index is 12.1. The summed E-state index contributed by atoms with van der Waals surface area (Å²) in [5.41, 5.74) is 2.21. The molecule has 6 heteroatoms. The van der Waals surface area contributed by atoms with Crippen molar-refractivity contribution in [3.8, 4) is 5.75 Å². The summed E-state index contributed by atoms with van der Waals surface area (Å²) >= 11 is 3.50. The van der Waals surface area contributed by atoms with E-state index >= 15 is 0 Å². The van der Waals surface area contributed by atoms with Crippen molar-refractivity contribution in [1.29, 1.82) is 0 Å². The highest BCUT2D eigenvalue weighted by Gasteiger charge is 2.37. The molecule has 0 bridgehead atoms. The van der Waals surface area contributed by atoms with Gasteiger partial charge in [-0.3, -0.25) is 14.5 Å². The van der Waals surface area contributed by atoms with Crippen LogP contribution in [0.25, 0.3) is 0 Å². The SMILES string of the molecule is CCN1C(=O)CC(NCc2cc(Br)cc3c2OCC3)C1=O. The molecule has 1 fully saturated rings. The quantitative estimate of drug-likeness (QED) is 0.836. The first-order valence-corrected chi connectivity index (χ1v) is 7.91. The Morgan fingerprint density at radius 1 is 1.43 bits per heavy atom. The topological polar surface area (TPSA) is 58.6 Å². The summed E-state index contributed by atoms with van der Waals surface area (Å²) in [6, 6.07) is 3.64. The van der Waals surface area contributed by atoms with E-state index < -0.39 is 6.04 Å². The lowest BCUT2D eigenvalue weighted by molar-refractivity contribution is -0.138. The Morgan fingerprint density at radius 2 is 2.24 bits per heavy atom. The fourth-order valence-electron chi connectivity index (χ4n) is 2.89. The third-order valence-electron chi connectivity index (χ3n) is 3.92. The summed E-state index contributed by atoms with van der Waals surface area (Å²) in [4.78, 5) is 25.1. The van der Waals surface area contributed by atoms with Crippen LogP contribution in [0.5, 0.6) is 5.75 Å². The number of likely N-dealkylation sites (N-methyl/N-ethyl adjacent to an activating group) is 1. The molecule has 5 nitrogen and oxygen atoms in total. The molecule has 1 saturated heterocycles. The van der Waals surface area contributed by atoms with Crippen molar-refractivity contribution in [2.45, 2.75) is 32.4 Å². The smallest absolute Gasteiger partial charge is 0.246 e. The minimum atomic E-state index is -0.423. The Bertz CT molecular complexity index is 603. The number of imide groups is 1. The molecule has 0 spiro atoms. The van der Waals surface area contributed by atoms with Gasteiger partial charge in [0.1, 0.15) is 5.75 Å². The Morgan fingerprint density at radius 3 is 2.95 bits per heavy atom. The molecular formula is C15H17BrN2O3. The number of likely N-dealkylation sites (tertiary alicyclic amines) is 1. The number of hydrogen-bond donors (Lipinski definition) is 1. The molecule has 1 N–H and O–H groups in total. The standard InChI is InChI=1S/C15H17BrN2O3/c1-2-18-13(19)7-12(15(18)20)17-8-10-6-11(16)5-9-3-4-21-14(9)10/h5-6,12,17H,2-4,7-8H2,1H3. The fraction of sp³-hybridized carbons (Fsp3) is 0.467. The van der Waals surface area contributed by atoms with Crippen LogP contribution in [-0.2, 0) is 22.6 Å². The summed E-state index contributed by atoms with van der Waals surface area (Å²) in [6.07, 6.45) is 1.15. The number of fused-ring (bicyclic) bond motifs is 1. The van der Waals surface area contributed by atoms with Crippen LogP contribution in [0.1, 0.15) is 24.5 Å². The molecule has 1 aromatic rings. The number of ether oxygens (including phenoxy) is 1. The van der Waals surface area contributed by atoms with Gasteiger partial charge in [0.05, 0.1) is 19.1 Å². The van der Waals surface area contributed by atoms with Gasteiger partial charge in [-0.05, 0) is 24.6 Å². The molecular weight excluding hydrogens is 336 g/mol. The molecule has 0 aliphatic carbocycles. The molecule has 1 aromatic carbocycles. The summed E-state index contributed by atoms with van der Waals surface area (Å²) < 4.78 is 6.67. The first-order chi connectivity index (χ1) is 10.1. The highest BCUT2D eigenvalue weighted by atomic mass is 79.9. The van der Waals surface area contributed by atoms with Gasteiger partial charge in [-0.15, -0.1) is 0 Å². The van der Waals surface area contributed by atoms with Gasteiger partial charge in [-0.1, -0.05) is 15.9 Å². The maximum absolute atomic E-state index is 12.1. The van der Waals surface area contributed by atoms with E-state index in [4.69, 9.17) is 4.74 Å². The number of carbonyl (C=O) groups excluding carboxylic acids is 2. The van der Waals surface area contributed by atoms with Crippen LogP contribution in [0, 0.1) is 0 Å². The number of carbonyl (C=O) groups is 2. The Kier molecular flexibility index (Phi) is 3.99. The van der Waals surface area contributed by atoms with Gasteiger partial charge >= 0.3 is 0 Å². The summed E-state index contributed by atoms with van der Waals surface area (Å²) in [6.45, 7) is 3.46. The third kappa shape index (κ3) is 2.70. The van der Waals surface area contributed by atoms with Gasteiger partial charge in [0.25, 0.3) is 0 Å². The molecule has 2 aliphatic heterocycles. The highest BCUT2D eigenvalue weighted by Crippen LogP contribution is 2.33. The Hall–Kier alpha value is -1.40. The van der Waals surface area contributed by atoms with E-state index in [-0.39, 0.29) is 18.2 Å². The van der Waals surface area contributed by atoms with Crippen LogP contribution >= 0.6 is 15.9 Å². The van der Waals surface area contributed by atoms with E-state index in [1.807, 2.05) is 13.0 Å². The van der Waals surface area contributed by atoms with Gasteiger partial charge in [0.2, 0.25) is 11.8 Å². The van der Waals surface area contributed by atoms with Crippen molar-refractivity contribution in [2.24, 2.45) is 0 Å². The van der Waals surface area contributed by atoms with Crippen molar-refractivity contribution < 1.29 is 14.3 Å². The molecule has 3 rings (SSSR count). The van der Waals surface area contributed by atoms with E-state index in [9.17, 15) is 9.59 Å². The van der Waals surface area contributed by atoms with E-state index in [0.717, 1.165) is 22.2 Å². The summed E-state index contributed by atoms with van der Waals surface area (Å²) in [5, 5.41) is 3.19. The second-order valence-electron chi connectivity index (χ2n) is 5.27. The zero-order chi connectivity index (χ0) is 15.0. The van der Waals surface area contributed by atoms with Crippen molar-refractivity contribution >= 4 is 27.7 Å². The molecule has 1 atom stereocenters. The van der Waals surface area contributed by atoms with Gasteiger partial charge in [0.15, 0.2) is 0 Å². The molecule has 2 heterocycles. The number of nitrogens with zero attached hydrogens (tertiary/aromatic N) is 1. The predicted octanol–water partition coefficient (Wildman–Crippen LogP) is 1.62. The van der Waals surface area contributed by atoms with Crippen LogP contribution < -0.4 is 10.1 Å². The van der Waals surface area contributed by atoms with Crippen molar-refractivity contribution in [1.82, 2.24) is 10.2 Å². The zero-order valence-corrected chi connectivity index (χ0v) is 13.4. The second kappa shape index (κ2) is 5.77. The number of amides is 2. The molecule has 21 heavy (non-hydrogen) atoms. The summed E-state index contributed by atoms with van der Waals surface area (Å²) in [7, 11) is 0. The molecule has 0 aromatic heterocycles. The normalized spacial score (nSPS) is 20.9. The van der Waals surface area contributed by atoms with Crippen LogP contribution in [-0.4, -0.2) is 35.9 Å². The third-order valence-corrected chi connectivity index (χ3v) is 4.38. The molecule has 2 aliphatic rings. The molecule has 2 amide bonds. The number of benzene rings is 1. The number of rotatable bonds is 4. The fourth-order valence-corrected chi connectivity index (χ4v) is 3.44. The molecule has 1 unspecified atom stereocenters. The van der Waals surface area contributed by atoms with Crippen LogP contribution in [0.4, 0.5) is 0 Å². The first kappa shape index (κ1) is 14.5. The lowest BCUT2D eigenvalue weighted by Gasteiger charge is -2.14. The largest absolute Gasteiger partial charge is 0.493 e. The van der Waals surface area contributed by atoms with Crippen molar-refractivity contribution in [3.05, 3.63) is 27.7 Å². The lowest BCUT2D eigenvalue weighted by Crippen LogP contribution is -2.38.